The Hall–Kier alpha value is -3.08. The van der Waals surface area contributed by atoms with Crippen LogP contribution in [0.3, 0.4) is 0 Å². The number of aryl methyl sites for hydroxylation is 2. The number of nitrogens with zero attached hydrogens (tertiary/aromatic N) is 3. The van der Waals surface area contributed by atoms with Crippen LogP contribution in [0.1, 0.15) is 28.4 Å². The minimum absolute atomic E-state index is 0.0613. The summed E-state index contributed by atoms with van der Waals surface area (Å²) in [6.07, 6.45) is 0. The van der Waals surface area contributed by atoms with Crippen LogP contribution in [0, 0.1) is 13.8 Å². The van der Waals surface area contributed by atoms with Gasteiger partial charge in [0.2, 0.25) is 15.9 Å². The smallest absolute Gasteiger partial charge is 0.257 e. The fraction of sp³-hybridized carbons (Fsp3) is 0.292. The number of rotatable bonds is 5. The van der Waals surface area contributed by atoms with Gasteiger partial charge in [-0.05, 0) is 49.7 Å². The number of thiazole rings is 1. The van der Waals surface area contributed by atoms with Gasteiger partial charge in [0.1, 0.15) is 0 Å². The normalized spacial score (nSPS) is 14.7. The van der Waals surface area contributed by atoms with E-state index in [4.69, 9.17) is 0 Å². The van der Waals surface area contributed by atoms with E-state index in [1.807, 2.05) is 31.4 Å². The Balaban J connectivity index is 1.43. The lowest BCUT2D eigenvalue weighted by Gasteiger charge is -2.33. The van der Waals surface area contributed by atoms with E-state index in [0.29, 0.717) is 23.8 Å². The fourth-order valence-corrected chi connectivity index (χ4v) is 5.93. The van der Waals surface area contributed by atoms with Crippen LogP contribution in [0.4, 0.5) is 5.13 Å². The predicted octanol–water partition coefficient (Wildman–Crippen LogP) is 3.53. The lowest BCUT2D eigenvalue weighted by molar-refractivity contribution is -0.129. The molecule has 178 valence electrons. The molecule has 1 N–H and O–H groups in total. The molecule has 0 unspecified atom stereocenters. The van der Waals surface area contributed by atoms with Crippen LogP contribution in [0.2, 0.25) is 0 Å². The van der Waals surface area contributed by atoms with Crippen LogP contribution in [0.25, 0.3) is 11.3 Å². The summed E-state index contributed by atoms with van der Waals surface area (Å²) in [7, 11) is -3.69. The number of amides is 2. The van der Waals surface area contributed by atoms with Crippen LogP contribution < -0.4 is 5.32 Å². The van der Waals surface area contributed by atoms with E-state index in [1.165, 1.54) is 46.8 Å². The van der Waals surface area contributed by atoms with Gasteiger partial charge in [-0.2, -0.15) is 4.31 Å². The molecule has 8 nitrogen and oxygen atoms in total. The summed E-state index contributed by atoms with van der Waals surface area (Å²) in [6, 6.07) is 12.0. The molecule has 2 amide bonds. The van der Waals surface area contributed by atoms with Crippen LogP contribution in [-0.4, -0.2) is 60.6 Å². The minimum atomic E-state index is -3.69. The maximum atomic E-state index is 12.9. The third-order valence-corrected chi connectivity index (χ3v) is 8.50. The van der Waals surface area contributed by atoms with Crippen LogP contribution >= 0.6 is 11.3 Å². The summed E-state index contributed by atoms with van der Waals surface area (Å²) in [5, 5.41) is 5.17. The van der Waals surface area contributed by atoms with Crippen molar-refractivity contribution < 1.29 is 18.0 Å². The van der Waals surface area contributed by atoms with Gasteiger partial charge in [-0.15, -0.1) is 11.3 Å². The van der Waals surface area contributed by atoms with Gasteiger partial charge in [0.15, 0.2) is 5.13 Å². The lowest BCUT2D eigenvalue weighted by Crippen LogP contribution is -2.49. The molecule has 1 saturated heterocycles. The molecule has 0 bridgehead atoms. The van der Waals surface area contributed by atoms with Crippen molar-refractivity contribution in [3.05, 3.63) is 64.5 Å². The van der Waals surface area contributed by atoms with Crippen LogP contribution in [0.5, 0.6) is 0 Å². The molecule has 4 rings (SSSR count). The van der Waals surface area contributed by atoms with Gasteiger partial charge in [0.25, 0.3) is 5.91 Å². The number of sulfonamides is 1. The predicted molar refractivity (Wildman–Crippen MR) is 132 cm³/mol. The van der Waals surface area contributed by atoms with Gasteiger partial charge in [-0.3, -0.25) is 14.9 Å². The third kappa shape index (κ3) is 5.03. The van der Waals surface area contributed by atoms with E-state index in [-0.39, 0.29) is 29.8 Å². The van der Waals surface area contributed by atoms with E-state index in [1.54, 1.807) is 4.90 Å². The van der Waals surface area contributed by atoms with Crippen molar-refractivity contribution in [1.29, 1.82) is 0 Å². The molecule has 34 heavy (non-hydrogen) atoms. The molecule has 1 aliphatic rings. The average Bonchev–Trinajstić information content (AvgIpc) is 3.29. The number of aromatic nitrogens is 1. The van der Waals surface area contributed by atoms with Gasteiger partial charge in [0.05, 0.1) is 10.6 Å². The van der Waals surface area contributed by atoms with Gasteiger partial charge >= 0.3 is 0 Å². The highest BCUT2D eigenvalue weighted by Gasteiger charge is 2.29. The fourth-order valence-electron chi connectivity index (χ4n) is 3.81. The number of nitrogens with one attached hydrogen (secondary N) is 1. The quantitative estimate of drug-likeness (QED) is 0.580. The SMILES string of the molecule is CC(=O)N1CCN(S(=O)(=O)c2ccc(C(=O)Nc3nc(-c4cc(C)ccc4C)cs3)cc2)CC1. The highest BCUT2D eigenvalue weighted by molar-refractivity contribution is 7.89. The largest absolute Gasteiger partial charge is 0.340 e. The Bertz CT molecular complexity index is 1330. The van der Waals surface area contributed by atoms with E-state index < -0.39 is 10.0 Å². The zero-order valence-corrected chi connectivity index (χ0v) is 20.9. The van der Waals surface area contributed by atoms with Gasteiger partial charge in [-0.1, -0.05) is 17.7 Å². The minimum Gasteiger partial charge on any atom is -0.340 e. The number of carbonyl (C=O) groups is 2. The molecule has 3 aromatic rings. The lowest BCUT2D eigenvalue weighted by atomic mass is 10.0. The van der Waals surface area contributed by atoms with E-state index in [0.717, 1.165) is 22.4 Å². The number of anilines is 1. The molecule has 1 fully saturated rings. The van der Waals surface area contributed by atoms with Crippen LogP contribution in [-0.2, 0) is 14.8 Å². The molecule has 0 atom stereocenters. The maximum Gasteiger partial charge on any atom is 0.257 e. The van der Waals surface area contributed by atoms with Crippen molar-refractivity contribution in [2.75, 3.05) is 31.5 Å². The Morgan fingerprint density at radius 1 is 1.00 bits per heavy atom. The summed E-state index contributed by atoms with van der Waals surface area (Å²) >= 11 is 1.34. The number of benzene rings is 2. The molecule has 0 spiro atoms. The molecule has 10 heteroatoms. The summed E-state index contributed by atoms with van der Waals surface area (Å²) in [6.45, 7) is 6.75. The standard InChI is InChI=1S/C24H26N4O4S2/c1-16-4-5-17(2)21(14-16)22-15-33-24(25-22)26-23(30)19-6-8-20(9-7-19)34(31,32)28-12-10-27(11-13-28)18(3)29/h4-9,14-15H,10-13H2,1-3H3,(H,25,26,30). The maximum absolute atomic E-state index is 12.9. The molecular weight excluding hydrogens is 472 g/mol. The molecule has 2 heterocycles. The Kier molecular flexibility index (Phi) is 6.83. The number of hydrogen-bond donors (Lipinski definition) is 1. The van der Waals surface area contributed by atoms with Crippen molar-refractivity contribution >= 4 is 38.3 Å². The Morgan fingerprint density at radius 3 is 2.32 bits per heavy atom. The van der Waals surface area contributed by atoms with Crippen LogP contribution in [0.15, 0.2) is 52.7 Å². The van der Waals surface area contributed by atoms with Gasteiger partial charge < -0.3 is 4.90 Å². The molecule has 2 aromatic carbocycles. The second kappa shape index (κ2) is 9.65. The second-order valence-electron chi connectivity index (χ2n) is 8.24. The molecule has 1 aromatic heterocycles. The number of piperazine rings is 1. The summed E-state index contributed by atoms with van der Waals surface area (Å²) in [4.78, 5) is 30.5. The summed E-state index contributed by atoms with van der Waals surface area (Å²) in [5.41, 5.74) is 4.40. The molecule has 1 aliphatic heterocycles. The van der Waals surface area contributed by atoms with Crippen molar-refractivity contribution in [2.45, 2.75) is 25.7 Å². The monoisotopic (exact) mass is 498 g/mol. The highest BCUT2D eigenvalue weighted by Crippen LogP contribution is 2.28. The second-order valence-corrected chi connectivity index (χ2v) is 11.0. The first kappa shape index (κ1) is 24.1. The van der Waals surface area contributed by atoms with E-state index in [2.05, 4.69) is 16.4 Å². The molecule has 0 saturated carbocycles. The third-order valence-electron chi connectivity index (χ3n) is 5.83. The van der Waals surface area contributed by atoms with Gasteiger partial charge in [0, 0.05) is 49.6 Å². The first-order valence-electron chi connectivity index (χ1n) is 10.9. The van der Waals surface area contributed by atoms with E-state index in [9.17, 15) is 18.0 Å². The summed E-state index contributed by atoms with van der Waals surface area (Å²) < 4.78 is 27.2. The van der Waals surface area contributed by atoms with Crippen molar-refractivity contribution in [3.63, 3.8) is 0 Å². The van der Waals surface area contributed by atoms with Crippen molar-refractivity contribution in [3.8, 4) is 11.3 Å². The zero-order valence-electron chi connectivity index (χ0n) is 19.2. The summed E-state index contributed by atoms with van der Waals surface area (Å²) in [5.74, 6) is -0.422. The van der Waals surface area contributed by atoms with E-state index >= 15 is 0 Å². The molecular formula is C24H26N4O4S2. The highest BCUT2D eigenvalue weighted by atomic mass is 32.2. The number of carbonyl (C=O) groups excluding carboxylic acids is 2. The molecule has 0 radical (unpaired) electrons. The average molecular weight is 499 g/mol. The Morgan fingerprint density at radius 2 is 1.68 bits per heavy atom. The zero-order chi connectivity index (χ0) is 24.5. The molecule has 0 aliphatic carbocycles. The van der Waals surface area contributed by atoms with Gasteiger partial charge in [-0.25, -0.2) is 13.4 Å². The topological polar surface area (TPSA) is 99.7 Å². The first-order valence-corrected chi connectivity index (χ1v) is 13.2. The Labute approximate surface area is 203 Å². The van der Waals surface area contributed by atoms with Crippen molar-refractivity contribution in [2.24, 2.45) is 0 Å². The first-order chi connectivity index (χ1) is 16.1. The van der Waals surface area contributed by atoms with Crippen molar-refractivity contribution in [1.82, 2.24) is 14.2 Å². The number of hydrogen-bond acceptors (Lipinski definition) is 6.